The van der Waals surface area contributed by atoms with Crippen molar-refractivity contribution in [3.05, 3.63) is 47.5 Å². The maximum absolute atomic E-state index is 4.27. The SMILES string of the molecule is C=CC1CCC2C3C(CCCC(C)CCCC(C)CCCC(C)C)Cc4cc(C)ccc4C3CCC12C. The summed E-state index contributed by atoms with van der Waals surface area (Å²) in [6, 6.07) is 7.45. The zero-order valence-electron chi connectivity index (χ0n) is 25.5. The fourth-order valence-electron chi connectivity index (χ4n) is 9.34. The molecule has 2 saturated carbocycles. The van der Waals surface area contributed by atoms with Crippen LogP contribution in [0.1, 0.15) is 141 Å². The van der Waals surface area contributed by atoms with E-state index in [0.29, 0.717) is 5.41 Å². The first-order valence-electron chi connectivity index (χ1n) is 16.4. The summed E-state index contributed by atoms with van der Waals surface area (Å²) in [6.45, 7) is 18.9. The van der Waals surface area contributed by atoms with Crippen LogP contribution in [0.5, 0.6) is 0 Å². The van der Waals surface area contributed by atoms with Crippen LogP contribution in [0.25, 0.3) is 0 Å². The van der Waals surface area contributed by atoms with E-state index in [1.165, 1.54) is 95.5 Å². The van der Waals surface area contributed by atoms with E-state index < -0.39 is 0 Å². The van der Waals surface area contributed by atoms with Gasteiger partial charge in [0, 0.05) is 0 Å². The Labute approximate surface area is 231 Å². The highest BCUT2D eigenvalue weighted by Gasteiger charge is 2.55. The molecule has 1 aromatic rings. The van der Waals surface area contributed by atoms with E-state index in [1.807, 2.05) is 0 Å². The molecule has 0 heterocycles. The molecule has 2 fully saturated rings. The summed E-state index contributed by atoms with van der Waals surface area (Å²) in [7, 11) is 0. The zero-order valence-corrected chi connectivity index (χ0v) is 25.5. The van der Waals surface area contributed by atoms with E-state index in [1.54, 1.807) is 11.1 Å². The molecule has 0 bridgehead atoms. The third-order valence-electron chi connectivity index (χ3n) is 11.6. The molecule has 0 aliphatic heterocycles. The molecule has 208 valence electrons. The van der Waals surface area contributed by atoms with Gasteiger partial charge in [0.05, 0.1) is 0 Å². The van der Waals surface area contributed by atoms with Gasteiger partial charge in [-0.3, -0.25) is 0 Å². The molecular formula is C37H60. The molecule has 0 nitrogen and oxygen atoms in total. The molecule has 1 aromatic carbocycles. The highest BCUT2D eigenvalue weighted by molar-refractivity contribution is 5.38. The van der Waals surface area contributed by atoms with Gasteiger partial charge in [-0.05, 0) is 109 Å². The average molecular weight is 505 g/mol. The smallest absolute Gasteiger partial charge is 0.0125 e. The highest BCUT2D eigenvalue weighted by atomic mass is 14.6. The van der Waals surface area contributed by atoms with Gasteiger partial charge >= 0.3 is 0 Å². The minimum Gasteiger partial charge on any atom is -0.103 e. The monoisotopic (exact) mass is 504 g/mol. The fourth-order valence-corrected chi connectivity index (χ4v) is 9.34. The zero-order chi connectivity index (χ0) is 26.6. The number of fused-ring (bicyclic) bond motifs is 5. The predicted octanol–water partition coefficient (Wildman–Crippen LogP) is 11.3. The van der Waals surface area contributed by atoms with Crippen LogP contribution in [0, 0.1) is 53.8 Å². The quantitative estimate of drug-likeness (QED) is 0.234. The van der Waals surface area contributed by atoms with Crippen molar-refractivity contribution < 1.29 is 0 Å². The van der Waals surface area contributed by atoms with E-state index in [2.05, 4.69) is 72.4 Å². The average Bonchev–Trinajstić information content (AvgIpc) is 3.19. The Hall–Kier alpha value is -1.04. The molecule has 8 atom stereocenters. The number of benzene rings is 1. The van der Waals surface area contributed by atoms with Crippen molar-refractivity contribution in [3.63, 3.8) is 0 Å². The summed E-state index contributed by atoms with van der Waals surface area (Å²) in [5.74, 6) is 6.93. The van der Waals surface area contributed by atoms with Gasteiger partial charge < -0.3 is 0 Å². The summed E-state index contributed by atoms with van der Waals surface area (Å²) in [5.41, 5.74) is 5.39. The van der Waals surface area contributed by atoms with Gasteiger partial charge in [-0.15, -0.1) is 6.58 Å². The second kappa shape index (κ2) is 12.9. The van der Waals surface area contributed by atoms with Crippen molar-refractivity contribution in [1.82, 2.24) is 0 Å². The molecule has 0 spiro atoms. The van der Waals surface area contributed by atoms with Gasteiger partial charge in [0.25, 0.3) is 0 Å². The molecule has 0 amide bonds. The lowest BCUT2D eigenvalue weighted by Gasteiger charge is -2.53. The summed E-state index contributed by atoms with van der Waals surface area (Å²) < 4.78 is 0. The molecular weight excluding hydrogens is 444 g/mol. The van der Waals surface area contributed by atoms with Gasteiger partial charge in [0.1, 0.15) is 0 Å². The van der Waals surface area contributed by atoms with Crippen molar-refractivity contribution in [2.24, 2.45) is 46.8 Å². The summed E-state index contributed by atoms with van der Waals surface area (Å²) >= 11 is 0. The Kier molecular flexibility index (Phi) is 10.1. The lowest BCUT2D eigenvalue weighted by molar-refractivity contribution is 0.00809. The van der Waals surface area contributed by atoms with Crippen LogP contribution in [0.4, 0.5) is 0 Å². The van der Waals surface area contributed by atoms with Crippen molar-refractivity contribution >= 4 is 0 Å². The summed E-state index contributed by atoms with van der Waals surface area (Å²) in [6.07, 6.45) is 22.2. The van der Waals surface area contributed by atoms with Crippen LogP contribution in [-0.2, 0) is 6.42 Å². The Morgan fingerprint density at radius 2 is 1.59 bits per heavy atom. The minimum atomic E-state index is 0.503. The standard InChI is InChI=1S/C37H60/c1-8-32-19-21-35-36-30(17-11-16-28(5)15-10-14-27(4)13-9-12-26(2)3)25-31-24-29(6)18-20-33(31)34(36)22-23-37(32,35)7/h8,18,20,24,26-28,30,32,34-36H,1,9-17,19,21-23,25H2,2-7H3. The van der Waals surface area contributed by atoms with Crippen molar-refractivity contribution in [1.29, 1.82) is 0 Å². The topological polar surface area (TPSA) is 0 Å². The van der Waals surface area contributed by atoms with Gasteiger partial charge in [0.2, 0.25) is 0 Å². The van der Waals surface area contributed by atoms with Crippen LogP contribution in [-0.4, -0.2) is 0 Å². The molecule has 37 heavy (non-hydrogen) atoms. The Morgan fingerprint density at radius 3 is 2.27 bits per heavy atom. The van der Waals surface area contributed by atoms with Gasteiger partial charge in [-0.2, -0.15) is 0 Å². The molecule has 0 saturated heterocycles. The van der Waals surface area contributed by atoms with Crippen molar-refractivity contribution in [3.8, 4) is 0 Å². The number of allylic oxidation sites excluding steroid dienone is 1. The molecule has 8 unspecified atom stereocenters. The first-order valence-corrected chi connectivity index (χ1v) is 16.4. The van der Waals surface area contributed by atoms with Crippen LogP contribution in [0.3, 0.4) is 0 Å². The first kappa shape index (κ1) is 29.0. The third kappa shape index (κ3) is 6.76. The van der Waals surface area contributed by atoms with E-state index >= 15 is 0 Å². The summed E-state index contributed by atoms with van der Waals surface area (Å²) in [4.78, 5) is 0. The normalized spacial score (nSPS) is 32.5. The van der Waals surface area contributed by atoms with E-state index in [-0.39, 0.29) is 0 Å². The molecule has 0 radical (unpaired) electrons. The van der Waals surface area contributed by atoms with Crippen LogP contribution in [0.2, 0.25) is 0 Å². The van der Waals surface area contributed by atoms with E-state index in [9.17, 15) is 0 Å². The maximum Gasteiger partial charge on any atom is -0.0125 e. The van der Waals surface area contributed by atoms with Crippen molar-refractivity contribution in [2.45, 2.75) is 137 Å². The first-order chi connectivity index (χ1) is 17.7. The number of aryl methyl sites for hydroxylation is 1. The molecule has 0 heteroatoms. The van der Waals surface area contributed by atoms with Crippen molar-refractivity contribution in [2.75, 3.05) is 0 Å². The largest absolute Gasteiger partial charge is 0.103 e. The second-order valence-electron chi connectivity index (χ2n) is 14.8. The van der Waals surface area contributed by atoms with E-state index in [0.717, 1.165) is 47.3 Å². The number of hydrogen-bond acceptors (Lipinski definition) is 0. The summed E-state index contributed by atoms with van der Waals surface area (Å²) in [5, 5.41) is 0. The highest BCUT2D eigenvalue weighted by Crippen LogP contribution is 2.64. The Bertz CT molecular complexity index is 863. The predicted molar refractivity (Wildman–Crippen MR) is 163 cm³/mol. The Balaban J connectivity index is 1.33. The van der Waals surface area contributed by atoms with E-state index in [4.69, 9.17) is 0 Å². The van der Waals surface area contributed by atoms with Crippen LogP contribution >= 0.6 is 0 Å². The minimum absolute atomic E-state index is 0.503. The van der Waals surface area contributed by atoms with Gasteiger partial charge in [-0.25, -0.2) is 0 Å². The van der Waals surface area contributed by atoms with Crippen LogP contribution in [0.15, 0.2) is 30.9 Å². The third-order valence-corrected chi connectivity index (χ3v) is 11.6. The molecule has 4 rings (SSSR count). The molecule has 0 N–H and O–H groups in total. The second-order valence-corrected chi connectivity index (χ2v) is 14.8. The lowest BCUT2D eigenvalue weighted by atomic mass is 9.51. The molecule has 3 aliphatic rings. The molecule has 0 aromatic heterocycles. The fraction of sp³-hybridized carbons (Fsp3) is 0.784. The Morgan fingerprint density at radius 1 is 0.919 bits per heavy atom. The maximum atomic E-state index is 4.27. The van der Waals surface area contributed by atoms with Gasteiger partial charge in [-0.1, -0.05) is 116 Å². The molecule has 3 aliphatic carbocycles. The number of hydrogen-bond donors (Lipinski definition) is 0. The van der Waals surface area contributed by atoms with Gasteiger partial charge in [0.15, 0.2) is 0 Å². The lowest BCUT2D eigenvalue weighted by Crippen LogP contribution is -2.45. The number of rotatable bonds is 13. The van der Waals surface area contributed by atoms with Crippen LogP contribution < -0.4 is 0 Å².